The molecule has 0 bridgehead atoms. The molecule has 1 aromatic rings. The Hall–Kier alpha value is -1.26. The van der Waals surface area contributed by atoms with Gasteiger partial charge in [-0.15, -0.1) is 0 Å². The van der Waals surface area contributed by atoms with Crippen LogP contribution in [0.4, 0.5) is 0 Å². The quantitative estimate of drug-likeness (QED) is 0.800. The van der Waals surface area contributed by atoms with Crippen LogP contribution in [0.15, 0.2) is 18.2 Å². The van der Waals surface area contributed by atoms with Crippen LogP contribution >= 0.6 is 0 Å². The lowest BCUT2D eigenvalue weighted by molar-refractivity contribution is 0.00231. The number of hydrogen-bond acceptors (Lipinski definition) is 4. The zero-order chi connectivity index (χ0) is 12.5. The van der Waals surface area contributed by atoms with Gasteiger partial charge in [0.2, 0.25) is 6.79 Å². The molecule has 3 rings (SSSR count). The average molecular weight is 248 g/mol. The number of rotatable bonds is 2. The van der Waals surface area contributed by atoms with Crippen LogP contribution in [0.1, 0.15) is 24.3 Å². The summed E-state index contributed by atoms with van der Waals surface area (Å²) in [6.45, 7) is 2.62. The Bertz CT molecular complexity index is 426. The molecule has 0 aliphatic carbocycles. The summed E-state index contributed by atoms with van der Waals surface area (Å²) in [5.74, 6) is 2.43. The Balaban J connectivity index is 1.69. The van der Waals surface area contributed by atoms with Crippen LogP contribution in [-0.2, 0) is 0 Å². The monoisotopic (exact) mass is 248 g/mol. The molecule has 0 unspecified atom stereocenters. The first-order chi connectivity index (χ1) is 8.74. The molecular weight excluding hydrogens is 228 g/mol. The van der Waals surface area contributed by atoms with Crippen molar-refractivity contribution in [3.63, 3.8) is 0 Å². The van der Waals surface area contributed by atoms with Gasteiger partial charge in [-0.1, -0.05) is 6.07 Å². The van der Waals surface area contributed by atoms with Gasteiger partial charge in [-0.2, -0.15) is 0 Å². The molecule has 1 saturated heterocycles. The predicted molar refractivity (Wildman–Crippen MR) is 69.8 cm³/mol. The van der Waals surface area contributed by atoms with Gasteiger partial charge in [0.05, 0.1) is 0 Å². The Morgan fingerprint density at radius 2 is 1.83 bits per heavy atom. The second-order valence-corrected chi connectivity index (χ2v) is 5.19. The molecule has 4 heteroatoms. The van der Waals surface area contributed by atoms with Gasteiger partial charge in [-0.05, 0) is 36.5 Å². The summed E-state index contributed by atoms with van der Waals surface area (Å²) in [6, 6.07) is 6.37. The third kappa shape index (κ3) is 2.18. The maximum atomic E-state index is 5.45. The van der Waals surface area contributed by atoms with Crippen molar-refractivity contribution in [2.24, 2.45) is 0 Å². The number of ether oxygens (including phenoxy) is 2. The highest BCUT2D eigenvalue weighted by Gasteiger charge is 2.23. The molecule has 18 heavy (non-hydrogen) atoms. The highest BCUT2D eigenvalue weighted by molar-refractivity contribution is 5.45. The SMILES string of the molecule is CN(C)N1CCC(c2ccc3c(c2)OCO3)CC1. The van der Waals surface area contributed by atoms with Crippen LogP contribution < -0.4 is 9.47 Å². The molecule has 98 valence electrons. The van der Waals surface area contributed by atoms with Gasteiger partial charge in [0.15, 0.2) is 11.5 Å². The average Bonchev–Trinajstić information content (AvgIpc) is 2.86. The van der Waals surface area contributed by atoms with Crippen LogP contribution in [0, 0.1) is 0 Å². The van der Waals surface area contributed by atoms with Crippen molar-refractivity contribution in [1.29, 1.82) is 0 Å². The minimum absolute atomic E-state index is 0.359. The van der Waals surface area contributed by atoms with Crippen molar-refractivity contribution in [1.82, 2.24) is 10.0 Å². The van der Waals surface area contributed by atoms with E-state index in [1.54, 1.807) is 0 Å². The van der Waals surface area contributed by atoms with E-state index in [0.29, 0.717) is 12.7 Å². The minimum Gasteiger partial charge on any atom is -0.454 e. The predicted octanol–water partition coefficient (Wildman–Crippen LogP) is 2.07. The van der Waals surface area contributed by atoms with Gasteiger partial charge in [0.25, 0.3) is 0 Å². The van der Waals surface area contributed by atoms with Crippen LogP contribution in [0.2, 0.25) is 0 Å². The highest BCUT2D eigenvalue weighted by Crippen LogP contribution is 2.37. The van der Waals surface area contributed by atoms with Crippen molar-refractivity contribution < 1.29 is 9.47 Å². The molecule has 1 aromatic carbocycles. The molecule has 0 amide bonds. The molecule has 2 heterocycles. The molecule has 0 radical (unpaired) electrons. The summed E-state index contributed by atoms with van der Waals surface area (Å²) in [7, 11) is 4.22. The van der Waals surface area contributed by atoms with Crippen LogP contribution in [-0.4, -0.2) is 44.0 Å². The smallest absolute Gasteiger partial charge is 0.231 e. The molecule has 0 atom stereocenters. The standard InChI is InChI=1S/C14H20N2O2/c1-15(2)16-7-5-11(6-8-16)12-3-4-13-14(9-12)18-10-17-13/h3-4,9,11H,5-8,10H2,1-2H3. The van der Waals surface area contributed by atoms with Crippen molar-refractivity contribution in [2.75, 3.05) is 34.0 Å². The summed E-state index contributed by atoms with van der Waals surface area (Å²) in [5, 5.41) is 4.58. The number of hydrazine groups is 1. The lowest BCUT2D eigenvalue weighted by Gasteiger charge is -2.36. The topological polar surface area (TPSA) is 24.9 Å². The van der Waals surface area contributed by atoms with E-state index in [0.717, 1.165) is 24.6 Å². The van der Waals surface area contributed by atoms with E-state index in [1.807, 2.05) is 6.07 Å². The Morgan fingerprint density at radius 3 is 2.56 bits per heavy atom. The molecule has 0 aromatic heterocycles. The first-order valence-corrected chi connectivity index (χ1v) is 6.56. The van der Waals surface area contributed by atoms with Gasteiger partial charge >= 0.3 is 0 Å². The number of benzene rings is 1. The molecule has 2 aliphatic heterocycles. The van der Waals surface area contributed by atoms with Crippen molar-refractivity contribution >= 4 is 0 Å². The van der Waals surface area contributed by atoms with E-state index in [2.05, 4.69) is 36.2 Å². The maximum Gasteiger partial charge on any atom is 0.231 e. The zero-order valence-corrected chi connectivity index (χ0v) is 11.1. The van der Waals surface area contributed by atoms with E-state index in [-0.39, 0.29) is 0 Å². The largest absolute Gasteiger partial charge is 0.454 e. The summed E-state index contributed by atoms with van der Waals surface area (Å²) < 4.78 is 10.8. The van der Waals surface area contributed by atoms with Crippen LogP contribution in [0.5, 0.6) is 11.5 Å². The lowest BCUT2D eigenvalue weighted by atomic mass is 9.90. The molecular formula is C14H20N2O2. The van der Waals surface area contributed by atoms with Crippen molar-refractivity contribution in [3.8, 4) is 11.5 Å². The third-order valence-electron chi connectivity index (χ3n) is 3.91. The molecule has 4 nitrogen and oxygen atoms in total. The Morgan fingerprint density at radius 1 is 1.11 bits per heavy atom. The summed E-state index contributed by atoms with van der Waals surface area (Å²) in [6.07, 6.45) is 2.41. The Kier molecular flexibility index (Phi) is 3.14. The summed E-state index contributed by atoms with van der Waals surface area (Å²) in [4.78, 5) is 0. The summed E-state index contributed by atoms with van der Waals surface area (Å²) in [5.41, 5.74) is 1.39. The van der Waals surface area contributed by atoms with Gasteiger partial charge < -0.3 is 9.47 Å². The van der Waals surface area contributed by atoms with Crippen LogP contribution in [0.3, 0.4) is 0 Å². The first kappa shape index (κ1) is 11.8. The number of piperidine rings is 1. The highest BCUT2D eigenvalue weighted by atomic mass is 16.7. The van der Waals surface area contributed by atoms with Gasteiger partial charge in [-0.3, -0.25) is 0 Å². The summed E-state index contributed by atoms with van der Waals surface area (Å²) >= 11 is 0. The van der Waals surface area contributed by atoms with Crippen molar-refractivity contribution in [3.05, 3.63) is 23.8 Å². The molecule has 2 aliphatic rings. The minimum atomic E-state index is 0.359. The Labute approximate surface area is 108 Å². The fraction of sp³-hybridized carbons (Fsp3) is 0.571. The van der Waals surface area contributed by atoms with E-state index in [9.17, 15) is 0 Å². The third-order valence-corrected chi connectivity index (χ3v) is 3.91. The second-order valence-electron chi connectivity index (χ2n) is 5.19. The fourth-order valence-corrected chi connectivity index (χ4v) is 2.77. The fourth-order valence-electron chi connectivity index (χ4n) is 2.77. The van der Waals surface area contributed by atoms with Gasteiger partial charge in [-0.25, -0.2) is 10.0 Å². The lowest BCUT2D eigenvalue weighted by Crippen LogP contribution is -2.42. The van der Waals surface area contributed by atoms with E-state index >= 15 is 0 Å². The number of fused-ring (bicyclic) bond motifs is 1. The molecule has 0 N–H and O–H groups in total. The molecule has 1 fully saturated rings. The van der Waals surface area contributed by atoms with Gasteiger partial charge in [0.1, 0.15) is 0 Å². The number of nitrogens with zero attached hydrogens (tertiary/aromatic N) is 2. The van der Waals surface area contributed by atoms with E-state index in [4.69, 9.17) is 9.47 Å². The maximum absolute atomic E-state index is 5.45. The van der Waals surface area contributed by atoms with Crippen molar-refractivity contribution in [2.45, 2.75) is 18.8 Å². The molecule has 0 saturated carbocycles. The number of hydrogen-bond donors (Lipinski definition) is 0. The van der Waals surface area contributed by atoms with Gasteiger partial charge in [0, 0.05) is 27.2 Å². The van der Waals surface area contributed by atoms with E-state index < -0.39 is 0 Å². The first-order valence-electron chi connectivity index (χ1n) is 6.56. The second kappa shape index (κ2) is 4.78. The van der Waals surface area contributed by atoms with Crippen LogP contribution in [0.25, 0.3) is 0 Å². The zero-order valence-electron chi connectivity index (χ0n) is 11.1. The van der Waals surface area contributed by atoms with E-state index in [1.165, 1.54) is 18.4 Å². The molecule has 0 spiro atoms. The normalized spacial score (nSPS) is 20.6.